The molecule has 0 bridgehead atoms. The zero-order chi connectivity index (χ0) is 19.1. The van der Waals surface area contributed by atoms with Crippen molar-refractivity contribution in [3.8, 4) is 0 Å². The molecule has 26 heavy (non-hydrogen) atoms. The molecule has 0 saturated carbocycles. The molecule has 1 fully saturated rings. The van der Waals surface area contributed by atoms with Crippen molar-refractivity contribution in [3.63, 3.8) is 0 Å². The summed E-state index contributed by atoms with van der Waals surface area (Å²) in [6, 6.07) is 6.17. The van der Waals surface area contributed by atoms with Gasteiger partial charge in [-0.1, -0.05) is 6.07 Å². The van der Waals surface area contributed by atoms with Gasteiger partial charge in [0.15, 0.2) is 0 Å². The van der Waals surface area contributed by atoms with E-state index in [4.69, 9.17) is 0 Å². The van der Waals surface area contributed by atoms with Crippen LogP contribution in [0.15, 0.2) is 42.0 Å². The van der Waals surface area contributed by atoms with Crippen molar-refractivity contribution in [2.45, 2.75) is 13.1 Å². The second kappa shape index (κ2) is 6.41. The van der Waals surface area contributed by atoms with Gasteiger partial charge in [-0.15, -0.1) is 11.3 Å². The van der Waals surface area contributed by atoms with Gasteiger partial charge in [0, 0.05) is 9.75 Å². The molecule has 1 aliphatic heterocycles. The number of urea groups is 1. The Hall–Kier alpha value is -2.94. The highest BCUT2D eigenvalue weighted by Gasteiger charge is 2.38. The van der Waals surface area contributed by atoms with Gasteiger partial charge in [0.25, 0.3) is 11.8 Å². The van der Waals surface area contributed by atoms with E-state index in [2.05, 4.69) is 0 Å². The summed E-state index contributed by atoms with van der Waals surface area (Å²) in [7, 11) is 0. The lowest BCUT2D eigenvalue weighted by molar-refractivity contribution is -0.137. The number of carbonyl (C=O) groups excluding carboxylic acids is 3. The van der Waals surface area contributed by atoms with E-state index >= 15 is 0 Å². The molecule has 2 heterocycles. The highest BCUT2D eigenvalue weighted by atomic mass is 32.1. The maximum absolute atomic E-state index is 12.9. The van der Waals surface area contributed by atoms with Gasteiger partial charge in [-0.05, 0) is 43.3 Å². The number of nitrogens with one attached hydrogen (secondary N) is 1. The third-order valence-electron chi connectivity index (χ3n) is 3.58. The molecule has 1 N–H and O–H groups in total. The van der Waals surface area contributed by atoms with Crippen LogP contribution in [0.3, 0.4) is 0 Å². The quantitative estimate of drug-likeness (QED) is 0.638. The molecule has 4 amide bonds. The molecule has 2 aromatic rings. The third kappa shape index (κ3) is 3.38. The van der Waals surface area contributed by atoms with Gasteiger partial charge in [0.1, 0.15) is 5.57 Å². The first-order valence-corrected chi connectivity index (χ1v) is 8.13. The highest BCUT2D eigenvalue weighted by Crippen LogP contribution is 2.32. The Morgan fingerprint density at radius 3 is 2.46 bits per heavy atom. The van der Waals surface area contributed by atoms with Crippen LogP contribution in [0.5, 0.6) is 0 Å². The van der Waals surface area contributed by atoms with E-state index in [1.807, 2.05) is 12.2 Å². The van der Waals surface area contributed by atoms with E-state index in [0.717, 1.165) is 17.0 Å². The molecular weight excluding hydrogens is 369 g/mol. The molecule has 0 aliphatic carbocycles. The van der Waals surface area contributed by atoms with Gasteiger partial charge in [-0.25, -0.2) is 9.69 Å². The first-order valence-electron chi connectivity index (χ1n) is 7.32. The average molecular weight is 380 g/mol. The predicted octanol–water partition coefficient (Wildman–Crippen LogP) is 3.74. The van der Waals surface area contributed by atoms with Crippen molar-refractivity contribution in [3.05, 3.63) is 57.3 Å². The smallest absolute Gasteiger partial charge is 0.273 e. The summed E-state index contributed by atoms with van der Waals surface area (Å²) in [6.07, 6.45) is -3.32. The number of thiophene rings is 1. The molecule has 0 radical (unpaired) electrons. The molecule has 1 aliphatic rings. The van der Waals surface area contributed by atoms with E-state index in [1.165, 1.54) is 23.5 Å². The number of hydrogen-bond donors (Lipinski definition) is 1. The SMILES string of the molecule is Cc1ccc(/C=C2\C(=O)NC(=O)N(c3cccc(C(F)(F)F)c3)C2=O)s1. The van der Waals surface area contributed by atoms with Crippen molar-refractivity contribution in [1.82, 2.24) is 5.32 Å². The zero-order valence-corrected chi connectivity index (χ0v) is 14.1. The van der Waals surface area contributed by atoms with Gasteiger partial charge in [0.05, 0.1) is 11.3 Å². The minimum Gasteiger partial charge on any atom is -0.273 e. The van der Waals surface area contributed by atoms with Crippen molar-refractivity contribution < 1.29 is 27.6 Å². The van der Waals surface area contributed by atoms with Crippen LogP contribution in [0.25, 0.3) is 6.08 Å². The monoisotopic (exact) mass is 380 g/mol. The lowest BCUT2D eigenvalue weighted by atomic mass is 10.1. The second-order valence-electron chi connectivity index (χ2n) is 5.45. The number of rotatable bonds is 2. The normalized spacial score (nSPS) is 17.0. The highest BCUT2D eigenvalue weighted by molar-refractivity contribution is 7.12. The topological polar surface area (TPSA) is 66.5 Å². The van der Waals surface area contributed by atoms with Crippen LogP contribution < -0.4 is 10.2 Å². The Morgan fingerprint density at radius 1 is 1.12 bits per heavy atom. The molecule has 134 valence electrons. The van der Waals surface area contributed by atoms with E-state index in [-0.39, 0.29) is 11.3 Å². The number of halogens is 3. The summed E-state index contributed by atoms with van der Waals surface area (Å²) in [5.74, 6) is -1.88. The van der Waals surface area contributed by atoms with Crippen molar-refractivity contribution in [1.29, 1.82) is 0 Å². The van der Waals surface area contributed by atoms with Crippen molar-refractivity contribution >= 4 is 40.9 Å². The van der Waals surface area contributed by atoms with Crippen LogP contribution in [0.4, 0.5) is 23.7 Å². The zero-order valence-electron chi connectivity index (χ0n) is 13.3. The average Bonchev–Trinajstić information content (AvgIpc) is 2.96. The third-order valence-corrected chi connectivity index (χ3v) is 4.53. The van der Waals surface area contributed by atoms with E-state index in [0.29, 0.717) is 15.8 Å². The number of imide groups is 2. The first-order chi connectivity index (χ1) is 12.2. The number of nitrogens with zero attached hydrogens (tertiary/aromatic N) is 1. The molecule has 5 nitrogen and oxygen atoms in total. The molecule has 0 spiro atoms. The molecule has 0 unspecified atom stereocenters. The number of amides is 4. The number of anilines is 1. The summed E-state index contributed by atoms with van der Waals surface area (Å²) >= 11 is 1.33. The number of benzene rings is 1. The predicted molar refractivity (Wildman–Crippen MR) is 89.5 cm³/mol. The number of hydrogen-bond acceptors (Lipinski definition) is 4. The van der Waals surface area contributed by atoms with Crippen LogP contribution in [0, 0.1) is 6.92 Å². The fourth-order valence-corrected chi connectivity index (χ4v) is 3.21. The van der Waals surface area contributed by atoms with Gasteiger partial charge >= 0.3 is 12.2 Å². The lowest BCUT2D eigenvalue weighted by Crippen LogP contribution is -2.54. The Labute approximate surface area is 149 Å². The first kappa shape index (κ1) is 17.9. The largest absolute Gasteiger partial charge is 0.416 e. The maximum Gasteiger partial charge on any atom is 0.416 e. The van der Waals surface area contributed by atoms with E-state index in [1.54, 1.807) is 12.1 Å². The number of carbonyl (C=O) groups is 3. The van der Waals surface area contributed by atoms with E-state index < -0.39 is 29.6 Å². The molecular formula is C17H11F3N2O3S. The Bertz CT molecular complexity index is 947. The number of alkyl halides is 3. The Kier molecular flexibility index (Phi) is 4.41. The summed E-state index contributed by atoms with van der Waals surface area (Å²) < 4.78 is 38.7. The summed E-state index contributed by atoms with van der Waals surface area (Å²) in [6.45, 7) is 1.84. The summed E-state index contributed by atoms with van der Waals surface area (Å²) in [5.41, 5.74) is -1.61. The van der Waals surface area contributed by atoms with Crippen molar-refractivity contribution in [2.75, 3.05) is 4.90 Å². The van der Waals surface area contributed by atoms with Gasteiger partial charge < -0.3 is 0 Å². The molecule has 3 rings (SSSR count). The maximum atomic E-state index is 12.9. The standard InChI is InChI=1S/C17H11F3N2O3S/c1-9-5-6-12(26-9)8-13-14(23)21-16(25)22(15(13)24)11-4-2-3-10(7-11)17(18,19)20/h2-8H,1H3,(H,21,23,25)/b13-8+. The van der Waals surface area contributed by atoms with Gasteiger partial charge in [-0.2, -0.15) is 13.2 Å². The lowest BCUT2D eigenvalue weighted by Gasteiger charge is -2.26. The minimum absolute atomic E-state index is 0.275. The van der Waals surface area contributed by atoms with Gasteiger partial charge in [-0.3, -0.25) is 14.9 Å². The van der Waals surface area contributed by atoms with Gasteiger partial charge in [0.2, 0.25) is 0 Å². The molecule has 1 aromatic carbocycles. The van der Waals surface area contributed by atoms with Crippen molar-refractivity contribution in [2.24, 2.45) is 0 Å². The number of barbiturate groups is 1. The fourth-order valence-electron chi connectivity index (χ4n) is 2.39. The van der Waals surface area contributed by atoms with Crippen LogP contribution in [-0.4, -0.2) is 17.8 Å². The minimum atomic E-state index is -4.63. The fraction of sp³-hybridized carbons (Fsp3) is 0.118. The second-order valence-corrected chi connectivity index (χ2v) is 6.77. The molecule has 0 atom stereocenters. The van der Waals surface area contributed by atoms with Crippen LogP contribution in [-0.2, 0) is 15.8 Å². The summed E-state index contributed by atoms with van der Waals surface area (Å²) in [5, 5.41) is 1.98. The molecule has 9 heteroatoms. The Morgan fingerprint density at radius 2 is 1.85 bits per heavy atom. The Balaban J connectivity index is 2.02. The van der Waals surface area contributed by atoms with Crippen LogP contribution in [0.1, 0.15) is 15.3 Å². The summed E-state index contributed by atoms with van der Waals surface area (Å²) in [4.78, 5) is 38.7. The van der Waals surface area contributed by atoms with Crippen LogP contribution >= 0.6 is 11.3 Å². The molecule has 1 saturated heterocycles. The molecule has 1 aromatic heterocycles. The van der Waals surface area contributed by atoms with E-state index in [9.17, 15) is 27.6 Å². The van der Waals surface area contributed by atoms with Crippen LogP contribution in [0.2, 0.25) is 0 Å². The number of aryl methyl sites for hydroxylation is 1.